The molecule has 0 saturated heterocycles. The van der Waals surface area contributed by atoms with Gasteiger partial charge in [0.1, 0.15) is 6.61 Å². The zero-order valence-electron chi connectivity index (χ0n) is 14.5. The minimum atomic E-state index is -0.553. The lowest BCUT2D eigenvalue weighted by Gasteiger charge is -2.14. The average molecular weight is 367 g/mol. The van der Waals surface area contributed by atoms with Gasteiger partial charge in [-0.1, -0.05) is 12.1 Å². The number of hydrogen-bond acceptors (Lipinski definition) is 6. The van der Waals surface area contributed by atoms with Crippen molar-refractivity contribution in [1.29, 1.82) is 0 Å². The van der Waals surface area contributed by atoms with E-state index in [1.165, 1.54) is 0 Å². The van der Waals surface area contributed by atoms with E-state index in [2.05, 4.69) is 0 Å². The molecule has 0 aromatic heterocycles. The van der Waals surface area contributed by atoms with Crippen molar-refractivity contribution in [2.24, 2.45) is 0 Å². The molecule has 2 aliphatic heterocycles. The number of imide groups is 1. The van der Waals surface area contributed by atoms with Gasteiger partial charge in [-0.15, -0.1) is 0 Å². The molecule has 0 fully saturated rings. The van der Waals surface area contributed by atoms with Gasteiger partial charge in [-0.05, 0) is 30.3 Å². The van der Waals surface area contributed by atoms with E-state index in [9.17, 15) is 14.4 Å². The van der Waals surface area contributed by atoms with Crippen molar-refractivity contribution in [2.75, 3.05) is 26.4 Å². The Balaban J connectivity index is 1.37. The Bertz CT molecular complexity index is 887. The Morgan fingerprint density at radius 3 is 2.33 bits per heavy atom. The molecule has 2 amide bonds. The molecule has 2 aliphatic rings. The minimum Gasteiger partial charge on any atom is -0.490 e. The summed E-state index contributed by atoms with van der Waals surface area (Å²) < 4.78 is 16.3. The molecule has 0 N–H and O–H groups in total. The molecule has 138 valence electrons. The van der Waals surface area contributed by atoms with Gasteiger partial charge in [0.2, 0.25) is 0 Å². The smallest absolute Gasteiger partial charge is 0.338 e. The fraction of sp³-hybridized carbons (Fsp3) is 0.250. The highest BCUT2D eigenvalue weighted by Gasteiger charge is 2.34. The van der Waals surface area contributed by atoms with Gasteiger partial charge in [0.15, 0.2) is 11.5 Å². The van der Waals surface area contributed by atoms with Crippen LogP contribution in [0.15, 0.2) is 42.5 Å². The second kappa shape index (κ2) is 7.11. The van der Waals surface area contributed by atoms with E-state index in [1.54, 1.807) is 42.5 Å². The van der Waals surface area contributed by atoms with E-state index in [-0.39, 0.29) is 25.0 Å². The molecule has 0 unspecified atom stereocenters. The lowest BCUT2D eigenvalue weighted by Crippen LogP contribution is -2.33. The number of rotatable bonds is 4. The number of fused-ring (bicyclic) bond motifs is 2. The van der Waals surface area contributed by atoms with Crippen LogP contribution in [0.1, 0.15) is 37.5 Å². The highest BCUT2D eigenvalue weighted by molar-refractivity contribution is 6.21. The Morgan fingerprint density at radius 2 is 1.63 bits per heavy atom. The molecule has 0 bridgehead atoms. The predicted molar refractivity (Wildman–Crippen MR) is 94.1 cm³/mol. The number of nitrogens with zero attached hydrogens (tertiary/aromatic N) is 1. The number of hydrogen-bond donors (Lipinski definition) is 0. The van der Waals surface area contributed by atoms with Gasteiger partial charge in [-0.3, -0.25) is 14.5 Å². The van der Waals surface area contributed by atoms with Crippen LogP contribution in [0.2, 0.25) is 0 Å². The average Bonchev–Trinajstić information content (AvgIpc) is 2.85. The van der Waals surface area contributed by atoms with Crippen LogP contribution in [0.5, 0.6) is 11.5 Å². The molecule has 2 heterocycles. The van der Waals surface area contributed by atoms with Crippen molar-refractivity contribution in [1.82, 2.24) is 4.90 Å². The zero-order valence-corrected chi connectivity index (χ0v) is 14.5. The first kappa shape index (κ1) is 17.1. The van der Waals surface area contributed by atoms with Crippen LogP contribution in [-0.4, -0.2) is 49.0 Å². The van der Waals surface area contributed by atoms with E-state index in [4.69, 9.17) is 14.2 Å². The molecule has 0 radical (unpaired) electrons. The van der Waals surface area contributed by atoms with Gasteiger partial charge in [-0.25, -0.2) is 4.79 Å². The van der Waals surface area contributed by atoms with Gasteiger partial charge in [0.05, 0.1) is 36.4 Å². The van der Waals surface area contributed by atoms with Crippen LogP contribution >= 0.6 is 0 Å². The van der Waals surface area contributed by atoms with E-state index in [0.29, 0.717) is 41.4 Å². The molecule has 0 saturated carbocycles. The summed E-state index contributed by atoms with van der Waals surface area (Å²) in [6.45, 7) is 1.00. The van der Waals surface area contributed by atoms with Crippen LogP contribution in [0.25, 0.3) is 0 Å². The summed E-state index contributed by atoms with van der Waals surface area (Å²) in [5.74, 6) is -0.205. The van der Waals surface area contributed by atoms with Crippen molar-refractivity contribution in [3.63, 3.8) is 0 Å². The van der Waals surface area contributed by atoms with Crippen molar-refractivity contribution in [3.8, 4) is 11.5 Å². The summed E-state index contributed by atoms with van der Waals surface area (Å²) in [7, 11) is 0. The lowest BCUT2D eigenvalue weighted by molar-refractivity contribution is 0.0420. The van der Waals surface area contributed by atoms with Crippen molar-refractivity contribution in [3.05, 3.63) is 59.2 Å². The molecule has 27 heavy (non-hydrogen) atoms. The van der Waals surface area contributed by atoms with Crippen LogP contribution in [0.4, 0.5) is 0 Å². The van der Waals surface area contributed by atoms with Gasteiger partial charge in [0, 0.05) is 6.42 Å². The summed E-state index contributed by atoms with van der Waals surface area (Å²) in [5.41, 5.74) is 1.06. The minimum absolute atomic E-state index is 0.00262. The topological polar surface area (TPSA) is 82.1 Å². The number of carbonyl (C=O) groups is 3. The normalized spacial score (nSPS) is 15.3. The molecule has 7 heteroatoms. The molecule has 4 rings (SSSR count). The summed E-state index contributed by atoms with van der Waals surface area (Å²) in [4.78, 5) is 37.9. The van der Waals surface area contributed by atoms with Crippen molar-refractivity contribution < 1.29 is 28.6 Å². The number of carbonyl (C=O) groups excluding carboxylic acids is 3. The highest BCUT2D eigenvalue weighted by atomic mass is 16.5. The fourth-order valence-electron chi connectivity index (χ4n) is 3.05. The number of ether oxygens (including phenoxy) is 3. The zero-order chi connectivity index (χ0) is 18.8. The maximum Gasteiger partial charge on any atom is 0.338 e. The van der Waals surface area contributed by atoms with E-state index in [1.807, 2.05) is 0 Å². The Hall–Kier alpha value is -3.35. The molecule has 2 aromatic rings. The van der Waals surface area contributed by atoms with Crippen molar-refractivity contribution >= 4 is 17.8 Å². The number of benzene rings is 2. The van der Waals surface area contributed by atoms with Crippen LogP contribution in [-0.2, 0) is 4.74 Å². The molecule has 7 nitrogen and oxygen atoms in total. The van der Waals surface area contributed by atoms with Gasteiger partial charge in [0.25, 0.3) is 11.8 Å². The summed E-state index contributed by atoms with van der Waals surface area (Å²) in [5, 5.41) is 0. The Labute approximate surface area is 155 Å². The first-order valence-electron chi connectivity index (χ1n) is 8.67. The summed E-state index contributed by atoms with van der Waals surface area (Å²) >= 11 is 0. The SMILES string of the molecule is O=C(OCCN1C(=O)c2ccccc2C1=O)c1ccc2c(c1)OCCCO2. The third-order valence-electron chi connectivity index (χ3n) is 4.41. The molecule has 0 aliphatic carbocycles. The Kier molecular flexibility index (Phi) is 4.50. The maximum atomic E-state index is 12.3. The monoisotopic (exact) mass is 367 g/mol. The van der Waals surface area contributed by atoms with E-state index < -0.39 is 5.97 Å². The lowest BCUT2D eigenvalue weighted by atomic mass is 10.1. The summed E-state index contributed by atoms with van der Waals surface area (Å²) in [6, 6.07) is 11.5. The fourth-order valence-corrected chi connectivity index (χ4v) is 3.05. The van der Waals surface area contributed by atoms with Gasteiger partial charge < -0.3 is 14.2 Å². The second-order valence-corrected chi connectivity index (χ2v) is 6.16. The van der Waals surface area contributed by atoms with Crippen LogP contribution in [0, 0.1) is 0 Å². The summed E-state index contributed by atoms with van der Waals surface area (Å²) in [6.07, 6.45) is 0.773. The van der Waals surface area contributed by atoms with Crippen LogP contribution < -0.4 is 9.47 Å². The molecule has 2 aromatic carbocycles. The molecular formula is C20H17NO6. The maximum absolute atomic E-state index is 12.3. The molecule has 0 atom stereocenters. The highest BCUT2D eigenvalue weighted by Crippen LogP contribution is 2.30. The third-order valence-corrected chi connectivity index (χ3v) is 4.41. The third kappa shape index (κ3) is 3.23. The molecule has 0 spiro atoms. The standard InChI is InChI=1S/C20H17NO6/c22-18-14-4-1-2-5-15(14)19(23)21(18)8-11-27-20(24)13-6-7-16-17(12-13)26-10-3-9-25-16/h1-2,4-7,12H,3,8-11H2. The van der Waals surface area contributed by atoms with E-state index in [0.717, 1.165) is 11.3 Å². The van der Waals surface area contributed by atoms with Crippen molar-refractivity contribution in [2.45, 2.75) is 6.42 Å². The Morgan fingerprint density at radius 1 is 0.963 bits per heavy atom. The van der Waals surface area contributed by atoms with Gasteiger partial charge >= 0.3 is 5.97 Å². The first-order valence-corrected chi connectivity index (χ1v) is 8.67. The number of amides is 2. The van der Waals surface area contributed by atoms with E-state index >= 15 is 0 Å². The second-order valence-electron chi connectivity index (χ2n) is 6.16. The molecular weight excluding hydrogens is 350 g/mol. The quantitative estimate of drug-likeness (QED) is 0.609. The van der Waals surface area contributed by atoms with Gasteiger partial charge in [-0.2, -0.15) is 0 Å². The van der Waals surface area contributed by atoms with Crippen LogP contribution in [0.3, 0.4) is 0 Å². The largest absolute Gasteiger partial charge is 0.490 e. The predicted octanol–water partition coefficient (Wildman–Crippen LogP) is 2.30. The number of esters is 1. The first-order chi connectivity index (χ1) is 13.1.